The fourth-order valence-electron chi connectivity index (χ4n) is 3.92. The molecule has 0 saturated carbocycles. The molecule has 1 unspecified atom stereocenters. The van der Waals surface area contributed by atoms with Gasteiger partial charge in [-0.3, -0.25) is 9.59 Å². The van der Waals surface area contributed by atoms with Gasteiger partial charge in [-0.05, 0) is 26.7 Å². The SMILES string of the molecule is Cc1ncc(C(=O)N2CCCC(c3nc(-c4ccccc4)c(C(N)=O)[nH]3)C2)c(C)n1. The van der Waals surface area contributed by atoms with Gasteiger partial charge in [0.15, 0.2) is 0 Å². The number of amides is 2. The molecule has 8 nitrogen and oxygen atoms in total. The molecule has 1 atom stereocenters. The second kappa shape index (κ2) is 8.06. The molecule has 3 aromatic rings. The quantitative estimate of drug-likeness (QED) is 0.693. The monoisotopic (exact) mass is 404 g/mol. The number of piperidine rings is 1. The van der Waals surface area contributed by atoms with E-state index in [1.54, 1.807) is 13.1 Å². The second-order valence-corrected chi connectivity index (χ2v) is 7.58. The minimum atomic E-state index is -0.552. The van der Waals surface area contributed by atoms with Crippen LogP contribution < -0.4 is 5.73 Å². The molecule has 154 valence electrons. The van der Waals surface area contributed by atoms with Crippen LogP contribution in [0, 0.1) is 13.8 Å². The summed E-state index contributed by atoms with van der Waals surface area (Å²) in [6, 6.07) is 9.47. The molecule has 0 bridgehead atoms. The van der Waals surface area contributed by atoms with Gasteiger partial charge in [0, 0.05) is 30.8 Å². The molecular weight excluding hydrogens is 380 g/mol. The number of aromatic amines is 1. The van der Waals surface area contributed by atoms with Crippen LogP contribution in [0.5, 0.6) is 0 Å². The number of primary amides is 1. The average molecular weight is 404 g/mol. The van der Waals surface area contributed by atoms with E-state index in [-0.39, 0.29) is 11.8 Å². The van der Waals surface area contributed by atoms with Crippen molar-refractivity contribution in [3.05, 3.63) is 65.1 Å². The van der Waals surface area contributed by atoms with Crippen LogP contribution in [0.15, 0.2) is 36.5 Å². The van der Waals surface area contributed by atoms with Crippen LogP contribution in [0.1, 0.15) is 56.9 Å². The number of benzene rings is 1. The molecular formula is C22H24N6O2. The lowest BCUT2D eigenvalue weighted by Crippen LogP contribution is -2.39. The molecule has 0 radical (unpaired) electrons. The summed E-state index contributed by atoms with van der Waals surface area (Å²) in [6.07, 6.45) is 3.30. The third-order valence-electron chi connectivity index (χ3n) is 5.44. The Bertz CT molecular complexity index is 1090. The maximum atomic E-state index is 13.1. The van der Waals surface area contributed by atoms with Crippen molar-refractivity contribution in [2.45, 2.75) is 32.6 Å². The lowest BCUT2D eigenvalue weighted by molar-refractivity contribution is 0.0702. The third kappa shape index (κ3) is 3.80. The average Bonchev–Trinajstić information content (AvgIpc) is 3.20. The Morgan fingerprint density at radius 2 is 1.93 bits per heavy atom. The molecule has 2 aromatic heterocycles. The molecule has 30 heavy (non-hydrogen) atoms. The number of nitrogens with two attached hydrogens (primary N) is 1. The van der Waals surface area contributed by atoms with E-state index in [1.807, 2.05) is 42.2 Å². The number of carbonyl (C=O) groups is 2. The summed E-state index contributed by atoms with van der Waals surface area (Å²) in [6.45, 7) is 4.79. The van der Waals surface area contributed by atoms with Crippen LogP contribution >= 0.6 is 0 Å². The summed E-state index contributed by atoms with van der Waals surface area (Å²) in [5, 5.41) is 0. The van der Waals surface area contributed by atoms with E-state index in [0.717, 1.165) is 18.4 Å². The van der Waals surface area contributed by atoms with E-state index in [9.17, 15) is 9.59 Å². The zero-order valence-corrected chi connectivity index (χ0v) is 17.1. The van der Waals surface area contributed by atoms with Gasteiger partial charge in [-0.25, -0.2) is 15.0 Å². The maximum absolute atomic E-state index is 13.1. The number of rotatable bonds is 4. The van der Waals surface area contributed by atoms with Gasteiger partial charge in [0.2, 0.25) is 0 Å². The second-order valence-electron chi connectivity index (χ2n) is 7.58. The summed E-state index contributed by atoms with van der Waals surface area (Å²) in [4.78, 5) is 43.1. The first-order valence-corrected chi connectivity index (χ1v) is 9.98. The summed E-state index contributed by atoms with van der Waals surface area (Å²) in [5.74, 6) is 0.677. The molecule has 0 aliphatic carbocycles. The van der Waals surface area contributed by atoms with Crippen molar-refractivity contribution >= 4 is 11.8 Å². The summed E-state index contributed by atoms with van der Waals surface area (Å²) in [7, 11) is 0. The van der Waals surface area contributed by atoms with Gasteiger partial charge in [-0.15, -0.1) is 0 Å². The lowest BCUT2D eigenvalue weighted by Gasteiger charge is -2.32. The zero-order valence-electron chi connectivity index (χ0n) is 17.1. The number of aromatic nitrogens is 4. The van der Waals surface area contributed by atoms with Crippen molar-refractivity contribution in [3.8, 4) is 11.3 Å². The molecule has 3 N–H and O–H groups in total. The normalized spacial score (nSPS) is 16.5. The molecule has 1 aromatic carbocycles. The molecule has 3 heterocycles. The lowest BCUT2D eigenvalue weighted by atomic mass is 9.96. The molecule has 1 aliphatic rings. The highest BCUT2D eigenvalue weighted by Gasteiger charge is 2.30. The number of nitrogens with one attached hydrogen (secondary N) is 1. The molecule has 0 spiro atoms. The van der Waals surface area contributed by atoms with Crippen LogP contribution in [-0.2, 0) is 0 Å². The van der Waals surface area contributed by atoms with E-state index in [1.165, 1.54) is 0 Å². The van der Waals surface area contributed by atoms with Crippen LogP contribution in [-0.4, -0.2) is 49.7 Å². The van der Waals surface area contributed by atoms with E-state index in [4.69, 9.17) is 10.7 Å². The summed E-state index contributed by atoms with van der Waals surface area (Å²) >= 11 is 0. The first-order chi connectivity index (χ1) is 14.4. The van der Waals surface area contributed by atoms with Crippen molar-refractivity contribution in [2.24, 2.45) is 5.73 Å². The molecule has 4 rings (SSSR count). The predicted octanol–water partition coefficient (Wildman–Crippen LogP) is 2.60. The van der Waals surface area contributed by atoms with Crippen LogP contribution in [0.3, 0.4) is 0 Å². The van der Waals surface area contributed by atoms with Gasteiger partial charge in [-0.2, -0.15) is 0 Å². The Balaban J connectivity index is 1.60. The Kier molecular flexibility index (Phi) is 5.31. The number of nitrogens with zero attached hydrogens (tertiary/aromatic N) is 4. The van der Waals surface area contributed by atoms with Crippen molar-refractivity contribution in [1.29, 1.82) is 0 Å². The van der Waals surface area contributed by atoms with Crippen molar-refractivity contribution in [3.63, 3.8) is 0 Å². The Morgan fingerprint density at radius 1 is 1.17 bits per heavy atom. The number of H-pyrrole nitrogens is 1. The van der Waals surface area contributed by atoms with Gasteiger partial charge >= 0.3 is 0 Å². The number of likely N-dealkylation sites (tertiary alicyclic amines) is 1. The summed E-state index contributed by atoms with van der Waals surface area (Å²) < 4.78 is 0. The Hall–Kier alpha value is -3.55. The minimum Gasteiger partial charge on any atom is -0.364 e. The van der Waals surface area contributed by atoms with Gasteiger partial charge < -0.3 is 15.6 Å². The van der Waals surface area contributed by atoms with E-state index in [0.29, 0.717) is 47.4 Å². The van der Waals surface area contributed by atoms with E-state index in [2.05, 4.69) is 15.0 Å². The zero-order chi connectivity index (χ0) is 21.3. The molecule has 2 amide bonds. The molecule has 1 aliphatic heterocycles. The number of hydrogen-bond donors (Lipinski definition) is 2. The highest BCUT2D eigenvalue weighted by molar-refractivity contribution is 5.97. The van der Waals surface area contributed by atoms with Gasteiger partial charge in [0.1, 0.15) is 23.0 Å². The van der Waals surface area contributed by atoms with E-state index >= 15 is 0 Å². The molecule has 1 saturated heterocycles. The highest BCUT2D eigenvalue weighted by atomic mass is 16.2. The fourth-order valence-corrected chi connectivity index (χ4v) is 3.92. The topological polar surface area (TPSA) is 118 Å². The van der Waals surface area contributed by atoms with E-state index < -0.39 is 5.91 Å². The number of hydrogen-bond acceptors (Lipinski definition) is 5. The first-order valence-electron chi connectivity index (χ1n) is 9.98. The van der Waals surface area contributed by atoms with Gasteiger partial charge in [0.05, 0.1) is 11.3 Å². The van der Waals surface area contributed by atoms with Gasteiger partial charge in [-0.1, -0.05) is 30.3 Å². The van der Waals surface area contributed by atoms with Gasteiger partial charge in [0.25, 0.3) is 11.8 Å². The van der Waals surface area contributed by atoms with Crippen molar-refractivity contribution in [1.82, 2.24) is 24.8 Å². The molecule has 1 fully saturated rings. The smallest absolute Gasteiger partial charge is 0.267 e. The van der Waals surface area contributed by atoms with Crippen LogP contribution in [0.2, 0.25) is 0 Å². The van der Waals surface area contributed by atoms with Crippen LogP contribution in [0.25, 0.3) is 11.3 Å². The fraction of sp³-hybridized carbons (Fsp3) is 0.318. The predicted molar refractivity (Wildman–Crippen MR) is 112 cm³/mol. The Labute approximate surface area is 174 Å². The maximum Gasteiger partial charge on any atom is 0.267 e. The standard InChI is InChI=1S/C22H24N6O2/c1-13-17(11-24-14(2)25-13)22(30)28-10-6-9-16(12-28)21-26-18(19(27-21)20(23)29)15-7-4-3-5-8-15/h3-5,7-8,11,16H,6,9-10,12H2,1-2H3,(H2,23,29)(H,26,27). The summed E-state index contributed by atoms with van der Waals surface area (Å²) in [5.41, 5.74) is 8.44. The largest absolute Gasteiger partial charge is 0.364 e. The molecule has 8 heteroatoms. The van der Waals surface area contributed by atoms with Crippen molar-refractivity contribution in [2.75, 3.05) is 13.1 Å². The number of imidazole rings is 1. The van der Waals surface area contributed by atoms with Crippen molar-refractivity contribution < 1.29 is 9.59 Å². The Morgan fingerprint density at radius 3 is 2.63 bits per heavy atom. The third-order valence-corrected chi connectivity index (χ3v) is 5.44. The highest BCUT2D eigenvalue weighted by Crippen LogP contribution is 2.30. The first kappa shape index (κ1) is 19.8. The number of aryl methyl sites for hydroxylation is 2. The minimum absolute atomic E-state index is 0.00932. The number of carbonyl (C=O) groups excluding carboxylic acids is 2. The van der Waals surface area contributed by atoms with Crippen LogP contribution in [0.4, 0.5) is 0 Å².